The molecule has 4 rings (SSSR count). The molecule has 200 valence electrons. The first-order valence-corrected chi connectivity index (χ1v) is 13.4. The van der Waals surface area contributed by atoms with Crippen LogP contribution in [0, 0.1) is 6.92 Å². The summed E-state index contributed by atoms with van der Waals surface area (Å²) in [7, 11) is 1.69. The molecule has 0 aliphatic carbocycles. The molecular formula is C28H32N4O5S. The first-order valence-electron chi connectivity index (χ1n) is 12.5. The van der Waals surface area contributed by atoms with E-state index in [1.807, 2.05) is 42.6 Å². The number of aryl methyl sites for hydroxylation is 1. The zero-order valence-corrected chi connectivity index (χ0v) is 22.2. The predicted octanol–water partition coefficient (Wildman–Crippen LogP) is 3.57. The second-order valence-electron chi connectivity index (χ2n) is 9.57. The molecule has 3 N–H and O–H groups in total. The van der Waals surface area contributed by atoms with E-state index in [0.717, 1.165) is 16.3 Å². The first-order chi connectivity index (χ1) is 18.2. The monoisotopic (exact) mass is 536 g/mol. The van der Waals surface area contributed by atoms with Crippen LogP contribution < -0.4 is 5.32 Å². The molecule has 0 bridgehead atoms. The van der Waals surface area contributed by atoms with Crippen LogP contribution in [-0.4, -0.2) is 74.7 Å². The van der Waals surface area contributed by atoms with Gasteiger partial charge in [0.25, 0.3) is 11.8 Å². The molecule has 1 aliphatic rings. The number of carbonyl (C=O) groups excluding carboxylic acids is 2. The molecule has 0 radical (unpaired) electrons. The molecule has 2 aromatic carbocycles. The lowest BCUT2D eigenvalue weighted by Gasteiger charge is -2.32. The van der Waals surface area contributed by atoms with Gasteiger partial charge in [0.15, 0.2) is 0 Å². The molecule has 3 amide bonds. The van der Waals surface area contributed by atoms with Gasteiger partial charge in [-0.25, -0.2) is 9.78 Å². The maximum atomic E-state index is 13.3. The molecule has 9 nitrogen and oxygen atoms in total. The summed E-state index contributed by atoms with van der Waals surface area (Å²) in [6.45, 7) is 2.61. The number of hydrogen-bond acceptors (Lipinski definition) is 6. The fraction of sp³-hybridized carbons (Fsp3) is 0.357. The molecule has 1 aliphatic heterocycles. The van der Waals surface area contributed by atoms with Crippen molar-refractivity contribution in [3.05, 3.63) is 87.4 Å². The molecule has 10 heteroatoms. The fourth-order valence-corrected chi connectivity index (χ4v) is 5.62. The Labute approximate surface area is 225 Å². The second-order valence-corrected chi connectivity index (χ2v) is 10.5. The number of benzene rings is 2. The molecule has 1 saturated heterocycles. The van der Waals surface area contributed by atoms with Crippen molar-refractivity contribution in [2.24, 2.45) is 0 Å². The number of aromatic nitrogens is 1. The van der Waals surface area contributed by atoms with E-state index in [1.54, 1.807) is 30.1 Å². The van der Waals surface area contributed by atoms with Crippen molar-refractivity contribution in [3.63, 3.8) is 0 Å². The van der Waals surface area contributed by atoms with Gasteiger partial charge in [-0.15, -0.1) is 11.3 Å². The maximum absolute atomic E-state index is 13.3. The molecule has 1 fully saturated rings. The summed E-state index contributed by atoms with van der Waals surface area (Å²) in [5, 5.41) is 26.5. The highest BCUT2D eigenvalue weighted by Crippen LogP contribution is 2.24. The number of nitrogens with zero attached hydrogens (tertiary/aromatic N) is 3. The smallest absolute Gasteiger partial charge is 0.407 e. The molecule has 38 heavy (non-hydrogen) atoms. The van der Waals surface area contributed by atoms with Crippen LogP contribution >= 0.6 is 11.3 Å². The third-order valence-corrected chi connectivity index (χ3v) is 7.68. The largest absolute Gasteiger partial charge is 0.465 e. The van der Waals surface area contributed by atoms with E-state index < -0.39 is 30.2 Å². The number of likely N-dealkylation sites (tertiary alicyclic amines) is 1. The number of hydrogen-bond donors (Lipinski definition) is 3. The first kappa shape index (κ1) is 27.3. The van der Waals surface area contributed by atoms with E-state index in [-0.39, 0.29) is 11.5 Å². The number of carbonyl (C=O) groups is 3. The quantitative estimate of drug-likeness (QED) is 0.384. The minimum atomic E-state index is -1.10. The van der Waals surface area contributed by atoms with Crippen LogP contribution in [0.2, 0.25) is 0 Å². The minimum absolute atomic E-state index is 0.239. The Morgan fingerprint density at radius 3 is 2.58 bits per heavy atom. The van der Waals surface area contributed by atoms with Crippen LogP contribution in [0.5, 0.6) is 0 Å². The number of carboxylic acid groups (broad SMARTS) is 1. The van der Waals surface area contributed by atoms with Crippen molar-refractivity contribution in [3.8, 4) is 0 Å². The highest BCUT2D eigenvalue weighted by Gasteiger charge is 2.38. The average Bonchev–Trinajstić information content (AvgIpc) is 3.57. The summed E-state index contributed by atoms with van der Waals surface area (Å²) in [5.74, 6) is -0.686. The molecule has 3 atom stereocenters. The van der Waals surface area contributed by atoms with Crippen molar-refractivity contribution in [1.29, 1.82) is 0 Å². The van der Waals surface area contributed by atoms with Crippen LogP contribution in [0.25, 0.3) is 0 Å². The van der Waals surface area contributed by atoms with Gasteiger partial charge in [-0.05, 0) is 49.9 Å². The van der Waals surface area contributed by atoms with Crippen molar-refractivity contribution in [1.82, 2.24) is 20.1 Å². The molecule has 0 saturated carbocycles. The van der Waals surface area contributed by atoms with Crippen LogP contribution in [0.3, 0.4) is 0 Å². The van der Waals surface area contributed by atoms with Gasteiger partial charge in [0.05, 0.1) is 24.7 Å². The molecule has 2 heterocycles. The van der Waals surface area contributed by atoms with Gasteiger partial charge in [-0.3, -0.25) is 9.59 Å². The highest BCUT2D eigenvalue weighted by molar-refractivity contribution is 7.09. The Morgan fingerprint density at radius 1 is 1.16 bits per heavy atom. The van der Waals surface area contributed by atoms with E-state index in [0.29, 0.717) is 37.9 Å². The van der Waals surface area contributed by atoms with Gasteiger partial charge in [-0.2, -0.15) is 0 Å². The second kappa shape index (κ2) is 12.2. The summed E-state index contributed by atoms with van der Waals surface area (Å²) < 4.78 is 0. The number of nitrogens with one attached hydrogen (secondary N) is 1. The standard InChI is InChI=1S/C28H32N4O5S/c1-18-17-38-24(29-18)16-31(2)27(35)21-11-6-10-20(15-21)26(34)30-22(14-19-8-4-3-5-9-19)25(33)23-12-7-13-32(23)28(36)37/h3-6,8-11,15,17,22-23,25,33H,7,12-14,16H2,1-2H3,(H,30,34)(H,36,37)/t22-,23?,25-/m0/s1. The predicted molar refractivity (Wildman–Crippen MR) is 144 cm³/mol. The average molecular weight is 537 g/mol. The topological polar surface area (TPSA) is 123 Å². The SMILES string of the molecule is Cc1csc(CN(C)C(=O)c2cccc(C(=O)N[C@@H](Cc3ccccc3)[C@H](O)C3CCCN3C(=O)O)c2)n1. The van der Waals surface area contributed by atoms with Crippen molar-refractivity contribution in [2.75, 3.05) is 13.6 Å². The zero-order valence-electron chi connectivity index (χ0n) is 21.4. The third kappa shape index (κ3) is 6.56. The van der Waals surface area contributed by atoms with E-state index in [4.69, 9.17) is 0 Å². The highest BCUT2D eigenvalue weighted by atomic mass is 32.1. The molecule has 1 aromatic heterocycles. The van der Waals surface area contributed by atoms with Gasteiger partial charge in [0.2, 0.25) is 0 Å². The Bertz CT molecular complexity index is 1280. The van der Waals surface area contributed by atoms with Crippen LogP contribution in [0.1, 0.15) is 49.8 Å². The molecular weight excluding hydrogens is 504 g/mol. The van der Waals surface area contributed by atoms with Crippen molar-refractivity contribution >= 4 is 29.2 Å². The van der Waals surface area contributed by atoms with E-state index in [1.165, 1.54) is 22.3 Å². The van der Waals surface area contributed by atoms with E-state index in [9.17, 15) is 24.6 Å². The molecule has 3 aromatic rings. The van der Waals surface area contributed by atoms with Gasteiger partial charge in [0.1, 0.15) is 5.01 Å². The van der Waals surface area contributed by atoms with Crippen LogP contribution in [0.15, 0.2) is 60.0 Å². The summed E-state index contributed by atoms with van der Waals surface area (Å²) in [4.78, 5) is 45.3. The number of amides is 3. The van der Waals surface area contributed by atoms with E-state index >= 15 is 0 Å². The van der Waals surface area contributed by atoms with Crippen molar-refractivity contribution < 1.29 is 24.6 Å². The summed E-state index contributed by atoms with van der Waals surface area (Å²) in [6, 6.07) is 14.5. The number of rotatable bonds is 9. The minimum Gasteiger partial charge on any atom is -0.465 e. The Hall–Kier alpha value is -3.76. The van der Waals surface area contributed by atoms with Gasteiger partial charge < -0.3 is 25.3 Å². The normalized spacial score (nSPS) is 16.6. The van der Waals surface area contributed by atoms with Gasteiger partial charge >= 0.3 is 6.09 Å². The lowest BCUT2D eigenvalue weighted by molar-refractivity contribution is 0.0412. The molecule has 1 unspecified atom stereocenters. The lowest BCUT2D eigenvalue weighted by atomic mass is 9.94. The molecule has 0 spiro atoms. The van der Waals surface area contributed by atoms with Gasteiger partial charge in [0, 0.05) is 35.8 Å². The summed E-state index contributed by atoms with van der Waals surface area (Å²) >= 11 is 1.49. The Kier molecular flexibility index (Phi) is 8.75. The lowest BCUT2D eigenvalue weighted by Crippen LogP contribution is -2.54. The maximum Gasteiger partial charge on any atom is 0.407 e. The van der Waals surface area contributed by atoms with E-state index in [2.05, 4.69) is 10.3 Å². The fourth-order valence-electron chi connectivity index (χ4n) is 4.79. The summed E-state index contributed by atoms with van der Waals surface area (Å²) in [5.41, 5.74) is 2.45. The zero-order chi connectivity index (χ0) is 27.2. The van der Waals surface area contributed by atoms with Crippen molar-refractivity contribution in [2.45, 2.75) is 50.9 Å². The number of aliphatic hydroxyl groups excluding tert-OH is 1. The Balaban J connectivity index is 1.51. The third-order valence-electron chi connectivity index (χ3n) is 6.72. The number of thiazole rings is 1. The number of aliphatic hydroxyl groups is 1. The van der Waals surface area contributed by atoms with Gasteiger partial charge in [-0.1, -0.05) is 36.4 Å². The summed E-state index contributed by atoms with van der Waals surface area (Å²) in [6.07, 6.45) is -0.691. The van der Waals surface area contributed by atoms with Crippen LogP contribution in [-0.2, 0) is 13.0 Å². The van der Waals surface area contributed by atoms with Crippen LogP contribution in [0.4, 0.5) is 4.79 Å². The Morgan fingerprint density at radius 2 is 1.89 bits per heavy atom.